The number of aliphatic carboxylic acids is 1. The zero-order chi connectivity index (χ0) is 13.8. The second-order valence-corrected chi connectivity index (χ2v) is 4.46. The number of carbonyl (C=O) groups is 1. The third kappa shape index (κ3) is 3.31. The molecule has 0 saturated heterocycles. The number of carboxylic acid groups (broad SMARTS) is 1. The maximum absolute atomic E-state index is 10.6. The number of carboxylic acids is 1. The first kappa shape index (κ1) is 13.1. The molecule has 0 aliphatic rings. The van der Waals surface area contributed by atoms with Crippen LogP contribution in [0.4, 0.5) is 0 Å². The molecule has 0 radical (unpaired) electrons. The lowest BCUT2D eigenvalue weighted by Crippen LogP contribution is -2.05. The molecule has 98 valence electrons. The van der Waals surface area contributed by atoms with Crippen molar-refractivity contribution in [1.82, 2.24) is 9.78 Å². The van der Waals surface area contributed by atoms with E-state index in [0.717, 1.165) is 28.6 Å². The zero-order valence-corrected chi connectivity index (χ0v) is 11.0. The molecule has 4 nitrogen and oxygen atoms in total. The molecule has 0 amide bonds. The van der Waals surface area contributed by atoms with Gasteiger partial charge < -0.3 is 5.11 Å². The van der Waals surface area contributed by atoms with Gasteiger partial charge in [0, 0.05) is 11.8 Å². The Bertz CT molecular complexity index is 627. The molecule has 0 unspecified atom stereocenters. The first-order valence-electron chi connectivity index (χ1n) is 6.06. The summed E-state index contributed by atoms with van der Waals surface area (Å²) in [7, 11) is 0. The Labute approximate surface area is 112 Å². The van der Waals surface area contributed by atoms with E-state index in [4.69, 9.17) is 5.11 Å². The number of nitrogens with zero attached hydrogens (tertiary/aromatic N) is 2. The molecule has 1 N–H and O–H groups in total. The van der Waals surface area contributed by atoms with Crippen LogP contribution in [0.15, 0.2) is 36.4 Å². The van der Waals surface area contributed by atoms with Crippen LogP contribution in [0.5, 0.6) is 0 Å². The molecule has 0 atom stereocenters. The van der Waals surface area contributed by atoms with Crippen LogP contribution >= 0.6 is 0 Å². The first-order chi connectivity index (χ1) is 9.06. The van der Waals surface area contributed by atoms with Gasteiger partial charge in [-0.15, -0.1) is 0 Å². The summed E-state index contributed by atoms with van der Waals surface area (Å²) in [5.74, 6) is -0.944. The fourth-order valence-electron chi connectivity index (χ4n) is 2.00. The van der Waals surface area contributed by atoms with Gasteiger partial charge in [-0.25, -0.2) is 4.79 Å². The van der Waals surface area contributed by atoms with Crippen LogP contribution in [-0.4, -0.2) is 20.9 Å². The summed E-state index contributed by atoms with van der Waals surface area (Å²) in [5.41, 5.74) is 4.02. The van der Waals surface area contributed by atoms with E-state index >= 15 is 0 Å². The standard InChI is InChI=1S/C15H16N2O2/c1-11-9-12(2)17(16-11)10-14-6-4-3-5-13(14)7-8-15(18)19/h3-9H,10H2,1-2H3,(H,18,19)/b8-7+. The largest absolute Gasteiger partial charge is 0.478 e. The van der Waals surface area contributed by atoms with Gasteiger partial charge in [0.1, 0.15) is 0 Å². The van der Waals surface area contributed by atoms with Crippen LogP contribution in [0.25, 0.3) is 6.08 Å². The summed E-state index contributed by atoms with van der Waals surface area (Å²) in [5, 5.41) is 13.1. The van der Waals surface area contributed by atoms with Crippen LogP contribution in [0, 0.1) is 13.8 Å². The van der Waals surface area contributed by atoms with Gasteiger partial charge in [-0.2, -0.15) is 5.10 Å². The van der Waals surface area contributed by atoms with E-state index in [1.165, 1.54) is 0 Å². The quantitative estimate of drug-likeness (QED) is 0.855. The number of aromatic nitrogens is 2. The number of hydrogen-bond donors (Lipinski definition) is 1. The average molecular weight is 256 g/mol. The van der Waals surface area contributed by atoms with Gasteiger partial charge in [-0.05, 0) is 37.1 Å². The number of benzene rings is 1. The molecule has 0 spiro atoms. The van der Waals surface area contributed by atoms with Crippen LogP contribution in [0.1, 0.15) is 22.5 Å². The van der Waals surface area contributed by atoms with Crippen molar-refractivity contribution in [2.24, 2.45) is 0 Å². The van der Waals surface area contributed by atoms with Crippen molar-refractivity contribution in [3.8, 4) is 0 Å². The highest BCUT2D eigenvalue weighted by Gasteiger charge is 2.04. The number of aryl methyl sites for hydroxylation is 2. The second-order valence-electron chi connectivity index (χ2n) is 4.46. The monoisotopic (exact) mass is 256 g/mol. The predicted molar refractivity (Wildman–Crippen MR) is 73.9 cm³/mol. The van der Waals surface area contributed by atoms with Gasteiger partial charge in [0.15, 0.2) is 0 Å². The fourth-order valence-corrected chi connectivity index (χ4v) is 2.00. The molecular formula is C15H16N2O2. The summed E-state index contributed by atoms with van der Waals surface area (Å²) in [6.07, 6.45) is 2.77. The average Bonchev–Trinajstić information content (AvgIpc) is 2.67. The third-order valence-electron chi connectivity index (χ3n) is 2.88. The molecule has 2 aromatic rings. The van der Waals surface area contributed by atoms with Crippen molar-refractivity contribution in [3.63, 3.8) is 0 Å². The zero-order valence-electron chi connectivity index (χ0n) is 11.0. The van der Waals surface area contributed by atoms with E-state index in [1.54, 1.807) is 6.08 Å². The summed E-state index contributed by atoms with van der Waals surface area (Å²) >= 11 is 0. The number of rotatable bonds is 4. The van der Waals surface area contributed by atoms with E-state index in [0.29, 0.717) is 6.54 Å². The molecule has 1 aromatic heterocycles. The Hall–Kier alpha value is -2.36. The molecule has 4 heteroatoms. The van der Waals surface area contributed by atoms with E-state index in [1.807, 2.05) is 48.9 Å². The highest BCUT2D eigenvalue weighted by atomic mass is 16.4. The van der Waals surface area contributed by atoms with E-state index in [9.17, 15) is 4.79 Å². The lowest BCUT2D eigenvalue weighted by atomic mass is 10.1. The van der Waals surface area contributed by atoms with Gasteiger partial charge in [0.2, 0.25) is 0 Å². The summed E-state index contributed by atoms with van der Waals surface area (Å²) in [6, 6.07) is 9.75. The van der Waals surface area contributed by atoms with Crippen LogP contribution < -0.4 is 0 Å². The lowest BCUT2D eigenvalue weighted by molar-refractivity contribution is -0.131. The highest BCUT2D eigenvalue weighted by Crippen LogP contribution is 2.14. The Morgan fingerprint density at radius 3 is 2.74 bits per heavy atom. The van der Waals surface area contributed by atoms with E-state index in [2.05, 4.69) is 5.10 Å². The second kappa shape index (κ2) is 5.52. The lowest BCUT2D eigenvalue weighted by Gasteiger charge is -2.08. The molecule has 0 saturated carbocycles. The van der Waals surface area contributed by atoms with Crippen molar-refractivity contribution < 1.29 is 9.90 Å². The normalized spacial score (nSPS) is 11.1. The third-order valence-corrected chi connectivity index (χ3v) is 2.88. The fraction of sp³-hybridized carbons (Fsp3) is 0.200. The molecule has 2 rings (SSSR count). The highest BCUT2D eigenvalue weighted by molar-refractivity contribution is 5.85. The van der Waals surface area contributed by atoms with Gasteiger partial charge >= 0.3 is 5.97 Å². The Kier molecular flexibility index (Phi) is 3.80. The molecule has 0 aliphatic heterocycles. The van der Waals surface area contributed by atoms with Crippen molar-refractivity contribution in [1.29, 1.82) is 0 Å². The van der Waals surface area contributed by atoms with Crippen LogP contribution in [0.3, 0.4) is 0 Å². The van der Waals surface area contributed by atoms with Gasteiger partial charge in [-0.1, -0.05) is 24.3 Å². The van der Waals surface area contributed by atoms with Crippen LogP contribution in [-0.2, 0) is 11.3 Å². The molecule has 0 aliphatic carbocycles. The first-order valence-corrected chi connectivity index (χ1v) is 6.06. The number of hydrogen-bond acceptors (Lipinski definition) is 2. The minimum Gasteiger partial charge on any atom is -0.478 e. The Morgan fingerprint density at radius 2 is 2.11 bits per heavy atom. The van der Waals surface area contributed by atoms with Crippen molar-refractivity contribution in [2.45, 2.75) is 20.4 Å². The maximum atomic E-state index is 10.6. The van der Waals surface area contributed by atoms with E-state index in [-0.39, 0.29) is 0 Å². The SMILES string of the molecule is Cc1cc(C)n(Cc2ccccc2/C=C/C(=O)O)n1. The summed E-state index contributed by atoms with van der Waals surface area (Å²) < 4.78 is 1.92. The van der Waals surface area contributed by atoms with Gasteiger partial charge in [0.25, 0.3) is 0 Å². The van der Waals surface area contributed by atoms with E-state index < -0.39 is 5.97 Å². The van der Waals surface area contributed by atoms with Crippen molar-refractivity contribution >= 4 is 12.0 Å². The van der Waals surface area contributed by atoms with Crippen molar-refractivity contribution in [3.05, 3.63) is 58.9 Å². The Morgan fingerprint density at radius 1 is 1.37 bits per heavy atom. The molecule has 0 bridgehead atoms. The topological polar surface area (TPSA) is 55.1 Å². The summed E-state index contributed by atoms with van der Waals surface area (Å²) in [4.78, 5) is 10.6. The molecule has 1 aromatic carbocycles. The minimum absolute atomic E-state index is 0.639. The molecule has 19 heavy (non-hydrogen) atoms. The molecular weight excluding hydrogens is 240 g/mol. The van der Waals surface area contributed by atoms with Gasteiger partial charge in [0.05, 0.1) is 12.2 Å². The Balaban J connectivity index is 2.30. The molecule has 1 heterocycles. The predicted octanol–water partition coefficient (Wildman–Crippen LogP) is 2.65. The molecule has 0 fully saturated rings. The summed E-state index contributed by atoms with van der Waals surface area (Å²) in [6.45, 7) is 4.61. The minimum atomic E-state index is -0.944. The van der Waals surface area contributed by atoms with Crippen molar-refractivity contribution in [2.75, 3.05) is 0 Å². The van der Waals surface area contributed by atoms with Gasteiger partial charge in [-0.3, -0.25) is 4.68 Å². The van der Waals surface area contributed by atoms with Crippen LogP contribution in [0.2, 0.25) is 0 Å². The maximum Gasteiger partial charge on any atom is 0.328 e. The smallest absolute Gasteiger partial charge is 0.328 e.